The molecule has 0 saturated heterocycles. The van der Waals surface area contributed by atoms with Crippen LogP contribution in [0.5, 0.6) is 0 Å². The van der Waals surface area contributed by atoms with Gasteiger partial charge >= 0.3 is 0 Å². The molecule has 22 heavy (non-hydrogen) atoms. The van der Waals surface area contributed by atoms with Gasteiger partial charge in [-0.3, -0.25) is 9.98 Å². The second-order valence-electron chi connectivity index (χ2n) is 4.26. The van der Waals surface area contributed by atoms with Crippen LogP contribution in [0.1, 0.15) is 53.7 Å². The second kappa shape index (κ2) is 15.9. The van der Waals surface area contributed by atoms with Crippen molar-refractivity contribution in [1.29, 1.82) is 0 Å². The molecule has 0 bridgehead atoms. The van der Waals surface area contributed by atoms with Crippen LogP contribution in [0.25, 0.3) is 0 Å². The maximum Gasteiger partial charge on any atom is 0.115 e. The molecule has 0 spiro atoms. The van der Waals surface area contributed by atoms with E-state index < -0.39 is 0 Å². The molecular formula is C18H26BrFN2. The summed E-state index contributed by atoms with van der Waals surface area (Å²) >= 11 is 3.31. The van der Waals surface area contributed by atoms with Crippen molar-refractivity contribution in [2.24, 2.45) is 4.99 Å². The predicted octanol–water partition coefficient (Wildman–Crippen LogP) is 6.12. The zero-order chi connectivity index (χ0) is 17.4. The van der Waals surface area contributed by atoms with E-state index in [2.05, 4.69) is 44.7 Å². The molecule has 0 aliphatic rings. The van der Waals surface area contributed by atoms with Crippen molar-refractivity contribution in [3.63, 3.8) is 0 Å². The molecule has 0 radical (unpaired) electrons. The van der Waals surface area contributed by atoms with Gasteiger partial charge in [-0.15, -0.1) is 11.8 Å². The van der Waals surface area contributed by atoms with E-state index in [-0.39, 0.29) is 5.83 Å². The SMILES string of the molecule is CC#CC.CCC(C)=N/C=C(\C)F.CCc1ccc(Br)cn1. The summed E-state index contributed by atoms with van der Waals surface area (Å²) in [7, 11) is 0. The van der Waals surface area contributed by atoms with Gasteiger partial charge in [0, 0.05) is 22.1 Å². The number of rotatable bonds is 3. The Hall–Kier alpha value is -1.47. The van der Waals surface area contributed by atoms with Gasteiger partial charge in [-0.2, -0.15) is 0 Å². The van der Waals surface area contributed by atoms with Crippen LogP contribution in [0.4, 0.5) is 4.39 Å². The van der Waals surface area contributed by atoms with Crippen molar-refractivity contribution in [2.75, 3.05) is 0 Å². The van der Waals surface area contributed by atoms with E-state index in [9.17, 15) is 4.39 Å². The average molecular weight is 369 g/mol. The summed E-state index contributed by atoms with van der Waals surface area (Å²) in [5.41, 5.74) is 2.09. The molecule has 0 saturated carbocycles. The third kappa shape index (κ3) is 16.6. The minimum absolute atomic E-state index is 0.247. The molecule has 0 aliphatic carbocycles. The minimum Gasteiger partial charge on any atom is -0.263 e. The fourth-order valence-electron chi connectivity index (χ4n) is 0.906. The number of aromatic nitrogens is 1. The molecule has 0 N–H and O–H groups in total. The Labute approximate surface area is 143 Å². The number of nitrogens with zero attached hydrogens (tertiary/aromatic N) is 2. The van der Waals surface area contributed by atoms with Crippen LogP contribution >= 0.6 is 15.9 Å². The van der Waals surface area contributed by atoms with Crippen LogP contribution in [0, 0.1) is 11.8 Å². The quantitative estimate of drug-likeness (QED) is 0.465. The first-order valence-electron chi connectivity index (χ1n) is 7.20. The van der Waals surface area contributed by atoms with Gasteiger partial charge in [-0.25, -0.2) is 4.39 Å². The van der Waals surface area contributed by atoms with Gasteiger partial charge < -0.3 is 0 Å². The number of aliphatic imine (C=N–C) groups is 1. The summed E-state index contributed by atoms with van der Waals surface area (Å²) in [5.74, 6) is 5.11. The first-order chi connectivity index (χ1) is 10.4. The lowest BCUT2D eigenvalue weighted by molar-refractivity contribution is 0.637. The molecule has 1 heterocycles. The predicted molar refractivity (Wildman–Crippen MR) is 98.7 cm³/mol. The highest BCUT2D eigenvalue weighted by molar-refractivity contribution is 9.10. The summed E-state index contributed by atoms with van der Waals surface area (Å²) in [6, 6.07) is 4.02. The summed E-state index contributed by atoms with van der Waals surface area (Å²) < 4.78 is 13.0. The van der Waals surface area contributed by atoms with E-state index in [0.717, 1.165) is 28.7 Å². The molecule has 1 aromatic heterocycles. The molecule has 0 atom stereocenters. The molecule has 1 aromatic rings. The lowest BCUT2D eigenvalue weighted by atomic mass is 10.3. The van der Waals surface area contributed by atoms with Gasteiger partial charge in [-0.1, -0.05) is 13.8 Å². The largest absolute Gasteiger partial charge is 0.263 e. The number of allylic oxidation sites excluding steroid dienone is 1. The monoisotopic (exact) mass is 368 g/mol. The van der Waals surface area contributed by atoms with Crippen molar-refractivity contribution in [2.45, 2.75) is 54.4 Å². The highest BCUT2D eigenvalue weighted by Crippen LogP contribution is 2.07. The zero-order valence-corrected chi connectivity index (χ0v) is 16.0. The Morgan fingerprint density at radius 3 is 2.18 bits per heavy atom. The lowest BCUT2D eigenvalue weighted by Gasteiger charge is -1.92. The van der Waals surface area contributed by atoms with E-state index in [4.69, 9.17) is 0 Å². The molecule has 1 rings (SSSR count). The van der Waals surface area contributed by atoms with Crippen molar-refractivity contribution in [1.82, 2.24) is 4.98 Å². The van der Waals surface area contributed by atoms with Crippen LogP contribution in [0.2, 0.25) is 0 Å². The van der Waals surface area contributed by atoms with Crippen molar-refractivity contribution in [3.05, 3.63) is 40.5 Å². The second-order valence-corrected chi connectivity index (χ2v) is 5.17. The van der Waals surface area contributed by atoms with E-state index in [1.807, 2.05) is 46.0 Å². The molecule has 0 fully saturated rings. The standard InChI is InChI=1S/C7H8BrN.C7H12FN.C4H6/c1-2-7-4-3-6(8)5-9-7;1-4-7(3)9-5-6(2)8;1-3-4-2/h3-5H,2H2,1H3;5H,4H2,1-3H3;1-2H3/b;6-5+,9-7?;. The van der Waals surface area contributed by atoms with E-state index in [0.29, 0.717) is 0 Å². The normalized spacial score (nSPS) is 10.4. The van der Waals surface area contributed by atoms with E-state index >= 15 is 0 Å². The summed E-state index contributed by atoms with van der Waals surface area (Å²) in [5, 5.41) is 0. The van der Waals surface area contributed by atoms with Gasteiger partial charge in [-0.05, 0) is 68.6 Å². The van der Waals surface area contributed by atoms with Crippen LogP contribution in [0.15, 0.2) is 39.8 Å². The summed E-state index contributed by atoms with van der Waals surface area (Å²) in [6.45, 7) is 11.0. The Bertz CT molecular complexity index is 498. The molecule has 122 valence electrons. The van der Waals surface area contributed by atoms with Crippen LogP contribution in [-0.2, 0) is 6.42 Å². The minimum atomic E-state index is -0.247. The Kier molecular flexibility index (Phi) is 16.5. The molecule has 0 aromatic carbocycles. The molecule has 0 amide bonds. The molecule has 0 unspecified atom stereocenters. The number of aryl methyl sites for hydroxylation is 1. The Balaban J connectivity index is 0. The third-order valence-corrected chi connectivity index (χ3v) is 2.84. The van der Waals surface area contributed by atoms with Crippen LogP contribution in [-0.4, -0.2) is 10.7 Å². The maximum atomic E-state index is 12.0. The topological polar surface area (TPSA) is 25.2 Å². The van der Waals surface area contributed by atoms with E-state index in [1.165, 1.54) is 13.1 Å². The van der Waals surface area contributed by atoms with Crippen molar-refractivity contribution >= 4 is 21.6 Å². The molecule has 0 aliphatic heterocycles. The lowest BCUT2D eigenvalue weighted by Crippen LogP contribution is -1.83. The summed E-state index contributed by atoms with van der Waals surface area (Å²) in [6.07, 6.45) is 4.94. The Morgan fingerprint density at radius 2 is 1.86 bits per heavy atom. The number of halogens is 2. The van der Waals surface area contributed by atoms with Gasteiger partial charge in [0.15, 0.2) is 0 Å². The Morgan fingerprint density at radius 1 is 1.27 bits per heavy atom. The number of hydrogen-bond acceptors (Lipinski definition) is 2. The van der Waals surface area contributed by atoms with Gasteiger partial charge in [0.25, 0.3) is 0 Å². The first kappa shape index (κ1) is 22.8. The van der Waals surface area contributed by atoms with Crippen LogP contribution in [0.3, 0.4) is 0 Å². The molecular weight excluding hydrogens is 343 g/mol. The molecule has 4 heteroatoms. The highest BCUT2D eigenvalue weighted by Gasteiger charge is 1.87. The first-order valence-corrected chi connectivity index (χ1v) is 7.99. The number of pyridine rings is 1. The fraction of sp³-hybridized carbons (Fsp3) is 0.444. The van der Waals surface area contributed by atoms with Crippen molar-refractivity contribution in [3.8, 4) is 11.8 Å². The average Bonchev–Trinajstić information content (AvgIpc) is 2.54. The maximum absolute atomic E-state index is 12.0. The van der Waals surface area contributed by atoms with Gasteiger partial charge in [0.2, 0.25) is 0 Å². The van der Waals surface area contributed by atoms with Crippen LogP contribution < -0.4 is 0 Å². The fourth-order valence-corrected chi connectivity index (χ4v) is 1.14. The van der Waals surface area contributed by atoms with Crippen molar-refractivity contribution < 1.29 is 4.39 Å². The smallest absolute Gasteiger partial charge is 0.115 e. The third-order valence-electron chi connectivity index (χ3n) is 2.38. The number of hydrogen-bond donors (Lipinski definition) is 0. The van der Waals surface area contributed by atoms with Gasteiger partial charge in [0.1, 0.15) is 5.83 Å². The summed E-state index contributed by atoms with van der Waals surface area (Å²) in [4.78, 5) is 7.97. The highest BCUT2D eigenvalue weighted by atomic mass is 79.9. The zero-order valence-electron chi connectivity index (χ0n) is 14.4. The van der Waals surface area contributed by atoms with Gasteiger partial charge in [0.05, 0.1) is 6.20 Å². The van der Waals surface area contributed by atoms with E-state index in [1.54, 1.807) is 0 Å². The molecule has 2 nitrogen and oxygen atoms in total.